The van der Waals surface area contributed by atoms with Gasteiger partial charge in [-0.25, -0.2) is 4.79 Å². The molecule has 1 fully saturated rings. The van der Waals surface area contributed by atoms with E-state index in [9.17, 15) is 29.1 Å². The summed E-state index contributed by atoms with van der Waals surface area (Å²) >= 11 is 0. The maximum Gasteiger partial charge on any atom is 0.335 e. The fourth-order valence-corrected chi connectivity index (χ4v) is 4.71. The van der Waals surface area contributed by atoms with Crippen LogP contribution in [-0.4, -0.2) is 78.6 Å². The van der Waals surface area contributed by atoms with Gasteiger partial charge >= 0.3 is 29.8 Å². The molecule has 0 bridgehead atoms. The molecule has 37 heavy (non-hydrogen) atoms. The van der Waals surface area contributed by atoms with Crippen LogP contribution in [0.5, 0.6) is 0 Å². The molecule has 1 aliphatic carbocycles. The molecule has 0 amide bonds. The number of aliphatic carboxylic acids is 1. The second-order valence-electron chi connectivity index (χ2n) is 8.90. The van der Waals surface area contributed by atoms with Gasteiger partial charge in [0, 0.05) is 39.5 Å². The standard InChI is InChI=1S/C24H30O13/c1-10-6-7-15-16(22(29)30)8-32-23(18(10)15)37-24-21(35-14(5)28)20(34-13(4)27)19(33-12(3)26)17(36-24)9-31-11(2)25/h6,8,15,17-21,23-24H,7,9H2,1-5H3,(H,29,30)/t15-,17-,18-,19-,20+,21-,23?,24+/m1/s1. The van der Waals surface area contributed by atoms with Gasteiger partial charge in [0.05, 0.1) is 11.8 Å². The minimum absolute atomic E-state index is 0.0829. The number of hydrogen-bond acceptors (Lipinski definition) is 12. The molecule has 0 aromatic carbocycles. The summed E-state index contributed by atoms with van der Waals surface area (Å²) < 4.78 is 38.8. The summed E-state index contributed by atoms with van der Waals surface area (Å²) in [5, 5.41) is 9.55. The van der Waals surface area contributed by atoms with Crippen LogP contribution >= 0.6 is 0 Å². The average Bonchev–Trinajstić information content (AvgIpc) is 3.17. The van der Waals surface area contributed by atoms with Crippen molar-refractivity contribution in [1.82, 2.24) is 0 Å². The monoisotopic (exact) mass is 526 g/mol. The quantitative estimate of drug-likeness (QED) is 0.270. The molecule has 1 unspecified atom stereocenters. The third-order valence-electron chi connectivity index (χ3n) is 6.14. The molecule has 204 valence electrons. The summed E-state index contributed by atoms with van der Waals surface area (Å²) in [6, 6.07) is 0. The van der Waals surface area contributed by atoms with E-state index in [-0.39, 0.29) is 5.57 Å². The van der Waals surface area contributed by atoms with Gasteiger partial charge in [-0.1, -0.05) is 11.6 Å². The number of esters is 4. The number of carbonyl (C=O) groups excluding carboxylic acids is 4. The van der Waals surface area contributed by atoms with Gasteiger partial charge < -0.3 is 38.3 Å². The van der Waals surface area contributed by atoms with Gasteiger partial charge in [0.15, 0.2) is 18.3 Å². The van der Waals surface area contributed by atoms with Crippen LogP contribution in [0.3, 0.4) is 0 Å². The van der Waals surface area contributed by atoms with Crippen LogP contribution in [0, 0.1) is 11.8 Å². The first-order valence-electron chi connectivity index (χ1n) is 11.6. The van der Waals surface area contributed by atoms with Gasteiger partial charge in [0.1, 0.15) is 12.7 Å². The Morgan fingerprint density at radius 2 is 1.49 bits per heavy atom. The molecule has 0 saturated carbocycles. The Morgan fingerprint density at radius 1 is 0.892 bits per heavy atom. The molecule has 3 rings (SSSR count). The van der Waals surface area contributed by atoms with E-state index < -0.39 is 85.3 Å². The van der Waals surface area contributed by atoms with Crippen molar-refractivity contribution in [1.29, 1.82) is 0 Å². The third-order valence-corrected chi connectivity index (χ3v) is 6.14. The maximum atomic E-state index is 12.0. The Bertz CT molecular complexity index is 999. The van der Waals surface area contributed by atoms with E-state index in [1.165, 1.54) is 6.92 Å². The van der Waals surface area contributed by atoms with Crippen molar-refractivity contribution >= 4 is 29.8 Å². The van der Waals surface area contributed by atoms with E-state index in [0.29, 0.717) is 6.42 Å². The van der Waals surface area contributed by atoms with E-state index in [0.717, 1.165) is 32.6 Å². The van der Waals surface area contributed by atoms with Gasteiger partial charge in [-0.2, -0.15) is 0 Å². The van der Waals surface area contributed by atoms with Crippen LogP contribution in [0.2, 0.25) is 0 Å². The average molecular weight is 526 g/mol. The number of allylic oxidation sites excluding steroid dienone is 1. The number of carboxylic acid groups (broad SMARTS) is 1. The first-order valence-corrected chi connectivity index (χ1v) is 11.6. The molecule has 0 radical (unpaired) electrons. The SMILES string of the molecule is CC(=O)OC[C@H]1O[C@@H](OC2OC=C(C(=O)O)[C@H]3CC=C(C)[C@@H]23)[C@H](OC(C)=O)[C@@H](OC(C)=O)[C@@H]1OC(C)=O. The lowest BCUT2D eigenvalue weighted by atomic mass is 9.84. The molecule has 1 N–H and O–H groups in total. The minimum Gasteiger partial charge on any atom is -0.478 e. The van der Waals surface area contributed by atoms with Gasteiger partial charge in [-0.15, -0.1) is 0 Å². The third kappa shape index (κ3) is 6.66. The highest BCUT2D eigenvalue weighted by atomic mass is 16.8. The predicted molar refractivity (Wildman–Crippen MR) is 119 cm³/mol. The number of carbonyl (C=O) groups is 5. The summed E-state index contributed by atoms with van der Waals surface area (Å²) in [6.07, 6.45) is -4.39. The summed E-state index contributed by atoms with van der Waals surface area (Å²) in [6.45, 7) is 5.92. The van der Waals surface area contributed by atoms with Gasteiger partial charge in [0.25, 0.3) is 0 Å². The molecular formula is C24H30O13. The summed E-state index contributed by atoms with van der Waals surface area (Å²) in [4.78, 5) is 59.0. The van der Waals surface area contributed by atoms with Crippen molar-refractivity contribution in [2.24, 2.45) is 11.8 Å². The number of rotatable bonds is 8. The molecular weight excluding hydrogens is 496 g/mol. The first kappa shape index (κ1) is 28.1. The molecule has 0 aromatic heterocycles. The zero-order valence-corrected chi connectivity index (χ0v) is 21.0. The highest BCUT2D eigenvalue weighted by molar-refractivity contribution is 5.87. The molecule has 0 spiro atoms. The molecule has 2 heterocycles. The van der Waals surface area contributed by atoms with Crippen LogP contribution < -0.4 is 0 Å². The van der Waals surface area contributed by atoms with Gasteiger partial charge in [-0.3, -0.25) is 19.2 Å². The minimum atomic E-state index is -1.44. The molecule has 8 atom stereocenters. The summed E-state index contributed by atoms with van der Waals surface area (Å²) in [5.74, 6) is -4.99. The molecule has 13 heteroatoms. The zero-order valence-electron chi connectivity index (χ0n) is 21.0. The maximum absolute atomic E-state index is 12.0. The number of ether oxygens (including phenoxy) is 7. The second-order valence-corrected chi connectivity index (χ2v) is 8.90. The fraction of sp³-hybridized carbons (Fsp3) is 0.625. The Balaban J connectivity index is 1.98. The Kier molecular flexibility index (Phi) is 8.92. The van der Waals surface area contributed by atoms with E-state index in [1.807, 2.05) is 13.0 Å². The predicted octanol–water partition coefficient (Wildman–Crippen LogP) is 0.993. The Labute approximate surface area is 212 Å². The highest BCUT2D eigenvalue weighted by Crippen LogP contribution is 2.44. The largest absolute Gasteiger partial charge is 0.478 e. The molecule has 13 nitrogen and oxygen atoms in total. The van der Waals surface area contributed by atoms with E-state index in [1.54, 1.807) is 0 Å². The van der Waals surface area contributed by atoms with Crippen molar-refractivity contribution in [3.63, 3.8) is 0 Å². The van der Waals surface area contributed by atoms with Gasteiger partial charge in [0.2, 0.25) is 12.6 Å². The summed E-state index contributed by atoms with van der Waals surface area (Å²) in [7, 11) is 0. The van der Waals surface area contributed by atoms with Crippen LogP contribution in [0.4, 0.5) is 0 Å². The van der Waals surface area contributed by atoms with Gasteiger partial charge in [-0.05, 0) is 13.3 Å². The molecule has 0 aromatic rings. The Hall–Kier alpha value is -3.45. The van der Waals surface area contributed by atoms with E-state index in [2.05, 4.69) is 0 Å². The van der Waals surface area contributed by atoms with E-state index in [4.69, 9.17) is 33.2 Å². The van der Waals surface area contributed by atoms with Crippen molar-refractivity contribution in [2.45, 2.75) is 78.0 Å². The van der Waals surface area contributed by atoms with Crippen molar-refractivity contribution in [3.8, 4) is 0 Å². The lowest BCUT2D eigenvalue weighted by Crippen LogP contribution is -2.63. The fourth-order valence-electron chi connectivity index (χ4n) is 4.71. The number of hydrogen-bond donors (Lipinski definition) is 1. The lowest BCUT2D eigenvalue weighted by Gasteiger charge is -2.45. The smallest absolute Gasteiger partial charge is 0.335 e. The van der Waals surface area contributed by atoms with Crippen molar-refractivity contribution < 1.29 is 62.2 Å². The summed E-state index contributed by atoms with van der Waals surface area (Å²) in [5.41, 5.74) is 0.909. The lowest BCUT2D eigenvalue weighted by molar-refractivity contribution is -0.342. The van der Waals surface area contributed by atoms with Crippen LogP contribution in [0.25, 0.3) is 0 Å². The second kappa shape index (κ2) is 11.7. The molecule has 2 aliphatic heterocycles. The molecule has 1 saturated heterocycles. The molecule has 3 aliphatic rings. The zero-order chi connectivity index (χ0) is 27.4. The normalized spacial score (nSPS) is 32.6. The number of fused-ring (bicyclic) bond motifs is 1. The highest BCUT2D eigenvalue weighted by Gasteiger charge is 2.55. The van der Waals surface area contributed by atoms with E-state index >= 15 is 0 Å². The van der Waals surface area contributed by atoms with Crippen molar-refractivity contribution in [2.75, 3.05) is 6.61 Å². The van der Waals surface area contributed by atoms with Crippen LogP contribution in [0.1, 0.15) is 41.0 Å². The van der Waals surface area contributed by atoms with Crippen LogP contribution in [-0.2, 0) is 57.1 Å². The Morgan fingerprint density at radius 3 is 2.05 bits per heavy atom. The first-order chi connectivity index (χ1) is 17.4. The van der Waals surface area contributed by atoms with Crippen LogP contribution in [0.15, 0.2) is 23.5 Å². The topological polar surface area (TPSA) is 170 Å². The van der Waals surface area contributed by atoms with Crippen molar-refractivity contribution in [3.05, 3.63) is 23.5 Å². The number of carboxylic acids is 1.